The van der Waals surface area contributed by atoms with Gasteiger partial charge in [-0.25, -0.2) is 14.6 Å². The molecule has 2 aromatic heterocycles. The van der Waals surface area contributed by atoms with Crippen LogP contribution in [-0.2, 0) is 0 Å². The molecule has 176 valence electrons. The van der Waals surface area contributed by atoms with Gasteiger partial charge in [-0.15, -0.1) is 0 Å². The molecule has 0 bridgehead atoms. The van der Waals surface area contributed by atoms with Gasteiger partial charge in [0.15, 0.2) is 11.5 Å². The van der Waals surface area contributed by atoms with E-state index in [2.05, 4.69) is 22.0 Å². The third-order valence-corrected chi connectivity index (χ3v) is 7.06. The van der Waals surface area contributed by atoms with Crippen molar-refractivity contribution in [2.24, 2.45) is 0 Å². The van der Waals surface area contributed by atoms with E-state index in [1.807, 2.05) is 36.2 Å². The molecule has 0 N–H and O–H groups in total. The lowest BCUT2D eigenvalue weighted by atomic mass is 10.0. The first kappa shape index (κ1) is 21.1. The number of nitrogens with zero attached hydrogens (tertiary/aromatic N) is 6. The number of rotatable bonds is 5. The summed E-state index contributed by atoms with van der Waals surface area (Å²) >= 11 is 0. The number of fused-ring (bicyclic) bond motifs is 1. The van der Waals surface area contributed by atoms with Crippen LogP contribution in [0.15, 0.2) is 36.7 Å². The number of ether oxygens (including phenoxy) is 2. The normalized spacial score (nSPS) is 18.3. The maximum atomic E-state index is 13.5. The number of hydrogen-bond acceptors (Lipinski definition) is 7. The van der Waals surface area contributed by atoms with Crippen molar-refractivity contribution in [1.29, 1.82) is 0 Å². The zero-order valence-electron chi connectivity index (χ0n) is 19.5. The second kappa shape index (κ2) is 8.39. The smallest absolute Gasteiger partial charge is 0.257 e. The molecule has 1 saturated heterocycles. The number of carbonyl (C=O) groups is 1. The van der Waals surface area contributed by atoms with E-state index in [0.717, 1.165) is 61.5 Å². The van der Waals surface area contributed by atoms with Crippen molar-refractivity contribution in [2.75, 3.05) is 34.0 Å². The molecular weight excluding hydrogens is 432 g/mol. The lowest BCUT2D eigenvalue weighted by Crippen LogP contribution is -2.44. The maximum absolute atomic E-state index is 13.5. The average Bonchev–Trinajstić information content (AvgIpc) is 3.43. The zero-order chi connectivity index (χ0) is 23.2. The van der Waals surface area contributed by atoms with Crippen LogP contribution in [0.2, 0.25) is 0 Å². The molecule has 9 heteroatoms. The lowest BCUT2D eigenvalue weighted by Gasteiger charge is -2.35. The fourth-order valence-corrected chi connectivity index (χ4v) is 4.84. The highest BCUT2D eigenvalue weighted by Crippen LogP contribution is 2.43. The van der Waals surface area contributed by atoms with Crippen molar-refractivity contribution in [3.63, 3.8) is 0 Å². The number of hydrogen-bond donors (Lipinski definition) is 0. The van der Waals surface area contributed by atoms with Crippen LogP contribution >= 0.6 is 0 Å². The Hall–Kier alpha value is -3.46. The van der Waals surface area contributed by atoms with Gasteiger partial charge in [-0.3, -0.25) is 4.79 Å². The largest absolute Gasteiger partial charge is 0.454 e. The first-order valence-corrected chi connectivity index (χ1v) is 11.9. The Morgan fingerprint density at radius 2 is 1.88 bits per heavy atom. The topological polar surface area (TPSA) is 85.6 Å². The maximum Gasteiger partial charge on any atom is 0.257 e. The molecule has 1 amide bonds. The van der Waals surface area contributed by atoms with Crippen molar-refractivity contribution >= 4 is 5.91 Å². The van der Waals surface area contributed by atoms with Gasteiger partial charge in [0.25, 0.3) is 11.9 Å². The molecule has 1 aromatic carbocycles. The standard InChI is InChI=1S/C25H28N6O3/c1-29-11-8-18(9-12-29)30(2)24(32)19-14-27-31(23(19)16-3-4-16)25-26-10-7-20(28-25)17-5-6-21-22(13-17)34-15-33-21/h5-7,10,13-14,16,18H,3-4,8-9,11-12,15H2,1-2H3. The van der Waals surface area contributed by atoms with Gasteiger partial charge in [0.1, 0.15) is 0 Å². The van der Waals surface area contributed by atoms with E-state index in [1.165, 1.54) is 0 Å². The Kier molecular flexibility index (Phi) is 5.21. The van der Waals surface area contributed by atoms with Gasteiger partial charge in [0.05, 0.1) is 23.1 Å². The van der Waals surface area contributed by atoms with Gasteiger partial charge in [-0.2, -0.15) is 5.10 Å². The summed E-state index contributed by atoms with van der Waals surface area (Å²) in [5.41, 5.74) is 3.26. The summed E-state index contributed by atoms with van der Waals surface area (Å²) in [6.07, 6.45) is 7.50. The molecule has 0 radical (unpaired) electrons. The summed E-state index contributed by atoms with van der Waals surface area (Å²) in [5, 5.41) is 4.59. The van der Waals surface area contributed by atoms with Crippen molar-refractivity contribution in [3.8, 4) is 28.7 Å². The molecule has 1 saturated carbocycles. The third kappa shape index (κ3) is 3.79. The minimum atomic E-state index is 0.0367. The fourth-order valence-electron chi connectivity index (χ4n) is 4.84. The Bertz CT molecular complexity index is 1230. The van der Waals surface area contributed by atoms with Crippen LogP contribution in [0.5, 0.6) is 11.5 Å². The van der Waals surface area contributed by atoms with Crippen LogP contribution in [0.4, 0.5) is 0 Å². The van der Waals surface area contributed by atoms with Crippen molar-refractivity contribution in [2.45, 2.75) is 37.6 Å². The molecule has 3 aromatic rings. The SMILES string of the molecule is CN1CCC(N(C)C(=O)c2cnn(-c3nccc(-c4ccc5c(c4)OCO5)n3)c2C2CC2)CC1. The average molecular weight is 461 g/mol. The van der Waals surface area contributed by atoms with E-state index in [9.17, 15) is 4.79 Å². The molecular formula is C25H28N6O3. The van der Waals surface area contributed by atoms with Crippen molar-refractivity contribution in [3.05, 3.63) is 47.9 Å². The van der Waals surface area contributed by atoms with Crippen LogP contribution in [-0.4, -0.2) is 75.5 Å². The Balaban J connectivity index is 1.31. The van der Waals surface area contributed by atoms with Crippen LogP contribution < -0.4 is 9.47 Å². The molecule has 4 heterocycles. The number of aromatic nitrogens is 4. The Labute approximate surface area is 198 Å². The summed E-state index contributed by atoms with van der Waals surface area (Å²) in [7, 11) is 4.05. The number of amides is 1. The predicted octanol–water partition coefficient (Wildman–Crippen LogP) is 3.10. The fraction of sp³-hybridized carbons (Fsp3) is 0.440. The van der Waals surface area contributed by atoms with Crippen molar-refractivity contribution < 1.29 is 14.3 Å². The first-order chi connectivity index (χ1) is 16.6. The van der Waals surface area contributed by atoms with E-state index in [-0.39, 0.29) is 18.7 Å². The lowest BCUT2D eigenvalue weighted by molar-refractivity contribution is 0.0658. The quantitative estimate of drug-likeness (QED) is 0.578. The summed E-state index contributed by atoms with van der Waals surface area (Å²) in [4.78, 5) is 27.0. The Morgan fingerprint density at radius 1 is 1.09 bits per heavy atom. The first-order valence-electron chi connectivity index (χ1n) is 11.9. The second-order valence-electron chi connectivity index (χ2n) is 9.39. The van der Waals surface area contributed by atoms with Crippen LogP contribution in [0, 0.1) is 0 Å². The number of benzene rings is 1. The molecule has 34 heavy (non-hydrogen) atoms. The van der Waals surface area contributed by atoms with Crippen molar-refractivity contribution in [1.82, 2.24) is 29.5 Å². The summed E-state index contributed by atoms with van der Waals surface area (Å²) in [6, 6.07) is 7.88. The molecule has 3 aliphatic rings. The zero-order valence-corrected chi connectivity index (χ0v) is 19.5. The van der Waals surface area contributed by atoms with Gasteiger partial charge in [0.2, 0.25) is 6.79 Å². The minimum absolute atomic E-state index is 0.0367. The summed E-state index contributed by atoms with van der Waals surface area (Å²) < 4.78 is 12.7. The van der Waals surface area contributed by atoms with E-state index in [0.29, 0.717) is 23.2 Å². The molecule has 0 spiro atoms. The van der Waals surface area contributed by atoms with E-state index in [1.54, 1.807) is 17.1 Å². The molecule has 6 rings (SSSR count). The molecule has 2 fully saturated rings. The highest BCUT2D eigenvalue weighted by molar-refractivity contribution is 5.95. The highest BCUT2D eigenvalue weighted by Gasteiger charge is 2.36. The number of piperidine rings is 1. The number of likely N-dealkylation sites (tertiary alicyclic amines) is 1. The van der Waals surface area contributed by atoms with Gasteiger partial charge in [-0.1, -0.05) is 0 Å². The molecule has 2 aliphatic heterocycles. The van der Waals surface area contributed by atoms with Gasteiger partial charge in [0, 0.05) is 30.8 Å². The van der Waals surface area contributed by atoms with Gasteiger partial charge < -0.3 is 19.3 Å². The monoisotopic (exact) mass is 460 g/mol. The minimum Gasteiger partial charge on any atom is -0.454 e. The molecule has 0 atom stereocenters. The molecule has 0 unspecified atom stereocenters. The van der Waals surface area contributed by atoms with E-state index in [4.69, 9.17) is 14.5 Å². The van der Waals surface area contributed by atoms with Crippen LogP contribution in [0.25, 0.3) is 17.2 Å². The predicted molar refractivity (Wildman–Crippen MR) is 125 cm³/mol. The van der Waals surface area contributed by atoms with E-state index >= 15 is 0 Å². The highest BCUT2D eigenvalue weighted by atomic mass is 16.7. The number of carbonyl (C=O) groups excluding carboxylic acids is 1. The molecule has 9 nitrogen and oxygen atoms in total. The van der Waals surface area contributed by atoms with E-state index < -0.39 is 0 Å². The second-order valence-corrected chi connectivity index (χ2v) is 9.39. The van der Waals surface area contributed by atoms with Crippen LogP contribution in [0.1, 0.15) is 47.7 Å². The van der Waals surface area contributed by atoms with Crippen LogP contribution in [0.3, 0.4) is 0 Å². The van der Waals surface area contributed by atoms with Gasteiger partial charge in [-0.05, 0) is 70.1 Å². The summed E-state index contributed by atoms with van der Waals surface area (Å²) in [5.74, 6) is 2.26. The van der Waals surface area contributed by atoms with Gasteiger partial charge >= 0.3 is 0 Å². The Morgan fingerprint density at radius 3 is 2.68 bits per heavy atom. The summed E-state index contributed by atoms with van der Waals surface area (Å²) in [6.45, 7) is 2.25. The molecule has 1 aliphatic carbocycles. The third-order valence-electron chi connectivity index (χ3n) is 7.06.